The number of para-hydroxylation sites is 1. The van der Waals surface area contributed by atoms with Gasteiger partial charge in [-0.3, -0.25) is 0 Å². The van der Waals surface area contributed by atoms with E-state index in [0.717, 1.165) is 19.2 Å². The van der Waals surface area contributed by atoms with Crippen LogP contribution in [0.2, 0.25) is 0 Å². The Morgan fingerprint density at radius 3 is 2.33 bits per heavy atom. The monoisotopic (exact) mass is 699 g/mol. The lowest BCUT2D eigenvalue weighted by atomic mass is 9.81. The Kier molecular flexibility index (Phi) is 8.19. The zero-order valence-electron chi connectivity index (χ0n) is 15.8. The van der Waals surface area contributed by atoms with Crippen molar-refractivity contribution >= 4 is 62.7 Å². The molecule has 0 aliphatic carbocycles. The van der Waals surface area contributed by atoms with Gasteiger partial charge >= 0.3 is 0 Å². The molecule has 1 heterocycles. The molecule has 0 atom stereocenters. The maximum absolute atomic E-state index is 10.00. The summed E-state index contributed by atoms with van der Waals surface area (Å²) < 4.78 is 4.25. The Morgan fingerprint density at radius 2 is 1.70 bits per heavy atom. The SMILES string of the molecule is CCCC[N+]1=C(C=Cc2cc(I)c(O)c(I)c2)C(C)(C)c2ccccc21.[I-]. The molecule has 0 amide bonds. The minimum absolute atomic E-state index is 0. The molecule has 0 saturated carbocycles. The largest absolute Gasteiger partial charge is 1.00 e. The molecule has 0 fully saturated rings. The molecule has 144 valence electrons. The molecule has 1 N–H and O–H groups in total. The lowest BCUT2D eigenvalue weighted by molar-refractivity contribution is -0.438. The molecular formula is C22H24I3NO. The van der Waals surface area contributed by atoms with E-state index in [1.807, 2.05) is 12.1 Å². The fraction of sp³-hybridized carbons (Fsp3) is 0.318. The van der Waals surface area contributed by atoms with Crippen LogP contribution in [0, 0.1) is 7.14 Å². The van der Waals surface area contributed by atoms with Crippen LogP contribution in [-0.4, -0.2) is 21.9 Å². The number of benzene rings is 2. The third kappa shape index (κ3) is 4.71. The van der Waals surface area contributed by atoms with E-state index in [4.69, 9.17) is 0 Å². The Bertz CT molecular complexity index is 877. The molecule has 1 aliphatic heterocycles. The smallest absolute Gasteiger partial charge is 0.209 e. The third-order valence-corrected chi connectivity index (χ3v) is 6.65. The molecule has 0 saturated heterocycles. The molecule has 0 radical (unpaired) electrons. The van der Waals surface area contributed by atoms with Crippen molar-refractivity contribution in [2.45, 2.75) is 39.0 Å². The van der Waals surface area contributed by atoms with Crippen LogP contribution in [-0.2, 0) is 5.41 Å². The van der Waals surface area contributed by atoms with Crippen molar-refractivity contribution in [1.29, 1.82) is 0 Å². The van der Waals surface area contributed by atoms with Gasteiger partial charge in [0, 0.05) is 24.1 Å². The zero-order chi connectivity index (χ0) is 18.9. The van der Waals surface area contributed by atoms with Gasteiger partial charge in [0.1, 0.15) is 12.3 Å². The summed E-state index contributed by atoms with van der Waals surface area (Å²) in [5.74, 6) is 0.370. The highest BCUT2D eigenvalue weighted by atomic mass is 127. The van der Waals surface area contributed by atoms with E-state index in [1.54, 1.807) is 0 Å². The quantitative estimate of drug-likeness (QED) is 0.376. The standard InChI is InChI=1S/C22H23I2NO.HI/c1-4-5-12-25-19-9-7-6-8-16(19)22(2,3)20(25)11-10-15-13-17(23)21(26)18(24)14-15;/h6-11,13-14H,4-5,12H2,1-3H3;1H. The predicted molar refractivity (Wildman–Crippen MR) is 127 cm³/mol. The molecule has 0 aromatic heterocycles. The first-order valence-corrected chi connectivity index (χ1v) is 11.1. The number of phenols is 1. The second kappa shape index (κ2) is 9.56. The van der Waals surface area contributed by atoms with E-state index in [1.165, 1.54) is 29.8 Å². The average Bonchev–Trinajstić information content (AvgIpc) is 2.83. The van der Waals surface area contributed by atoms with Gasteiger partial charge in [-0.25, -0.2) is 0 Å². The highest BCUT2D eigenvalue weighted by molar-refractivity contribution is 14.1. The number of rotatable bonds is 5. The molecule has 2 nitrogen and oxygen atoms in total. The van der Waals surface area contributed by atoms with E-state index < -0.39 is 0 Å². The minimum Gasteiger partial charge on any atom is -1.00 e. The number of allylic oxidation sites excluding steroid dienone is 1. The van der Waals surface area contributed by atoms with Crippen molar-refractivity contribution in [3.63, 3.8) is 0 Å². The summed E-state index contributed by atoms with van der Waals surface area (Å²) >= 11 is 4.37. The molecule has 5 heteroatoms. The van der Waals surface area contributed by atoms with Gasteiger partial charge in [0.15, 0.2) is 5.71 Å². The van der Waals surface area contributed by atoms with Crippen molar-refractivity contribution in [2.75, 3.05) is 6.54 Å². The summed E-state index contributed by atoms with van der Waals surface area (Å²) in [4.78, 5) is 0. The van der Waals surface area contributed by atoms with Gasteiger partial charge in [-0.05, 0) is 82.8 Å². The molecule has 3 rings (SSSR count). The van der Waals surface area contributed by atoms with Crippen LogP contribution < -0.4 is 24.0 Å². The van der Waals surface area contributed by atoms with E-state index in [-0.39, 0.29) is 29.4 Å². The van der Waals surface area contributed by atoms with Gasteiger partial charge < -0.3 is 29.1 Å². The van der Waals surface area contributed by atoms with Crippen LogP contribution in [0.4, 0.5) is 5.69 Å². The highest BCUT2D eigenvalue weighted by Crippen LogP contribution is 2.40. The number of hydrogen-bond donors (Lipinski definition) is 1. The van der Waals surface area contributed by atoms with Gasteiger partial charge in [-0.2, -0.15) is 4.58 Å². The number of phenolic OH excluding ortho intramolecular Hbond substituents is 1. The Labute approximate surface area is 206 Å². The predicted octanol–water partition coefficient (Wildman–Crippen LogP) is 3.50. The van der Waals surface area contributed by atoms with E-state index >= 15 is 0 Å². The lowest BCUT2D eigenvalue weighted by Crippen LogP contribution is -3.00. The van der Waals surface area contributed by atoms with Gasteiger partial charge in [-0.15, -0.1) is 0 Å². The first kappa shape index (κ1) is 23.1. The fourth-order valence-corrected chi connectivity index (χ4v) is 5.37. The summed E-state index contributed by atoms with van der Waals surface area (Å²) in [6, 6.07) is 12.8. The zero-order valence-corrected chi connectivity index (χ0v) is 22.2. The van der Waals surface area contributed by atoms with Gasteiger partial charge in [-0.1, -0.05) is 31.5 Å². The third-order valence-electron chi connectivity index (χ3n) is 5.01. The molecular weight excluding hydrogens is 675 g/mol. The van der Waals surface area contributed by atoms with Crippen LogP contribution in [0.25, 0.3) is 6.08 Å². The van der Waals surface area contributed by atoms with E-state index in [0.29, 0.717) is 5.75 Å². The topological polar surface area (TPSA) is 23.2 Å². The molecule has 1 aliphatic rings. The first-order chi connectivity index (χ1) is 12.4. The summed E-state index contributed by atoms with van der Waals surface area (Å²) in [6.45, 7) is 7.90. The maximum atomic E-state index is 10.00. The Balaban J connectivity index is 0.00000261. The normalized spacial score (nSPS) is 15.1. The van der Waals surface area contributed by atoms with Crippen LogP contribution >= 0.6 is 45.2 Å². The molecule has 27 heavy (non-hydrogen) atoms. The van der Waals surface area contributed by atoms with Gasteiger partial charge in [0.25, 0.3) is 0 Å². The first-order valence-electron chi connectivity index (χ1n) is 8.96. The van der Waals surface area contributed by atoms with Crippen molar-refractivity contribution in [3.05, 3.63) is 60.7 Å². The van der Waals surface area contributed by atoms with Crippen molar-refractivity contribution < 1.29 is 33.7 Å². The number of nitrogens with zero attached hydrogens (tertiary/aromatic N) is 1. The lowest BCUT2D eigenvalue weighted by Gasteiger charge is -2.15. The Hall–Kier alpha value is -0.160. The van der Waals surface area contributed by atoms with Crippen molar-refractivity contribution in [3.8, 4) is 5.75 Å². The van der Waals surface area contributed by atoms with Crippen LogP contribution in [0.1, 0.15) is 44.7 Å². The van der Waals surface area contributed by atoms with Crippen molar-refractivity contribution in [1.82, 2.24) is 0 Å². The van der Waals surface area contributed by atoms with Crippen molar-refractivity contribution in [2.24, 2.45) is 0 Å². The molecule has 0 bridgehead atoms. The summed E-state index contributed by atoms with van der Waals surface area (Å²) in [6.07, 6.45) is 6.79. The summed E-state index contributed by atoms with van der Waals surface area (Å²) in [5.41, 5.74) is 5.17. The number of unbranched alkanes of at least 4 members (excludes halogenated alkanes) is 1. The minimum atomic E-state index is -0.0158. The summed E-state index contributed by atoms with van der Waals surface area (Å²) in [7, 11) is 0. The second-order valence-corrected chi connectivity index (χ2v) is 9.52. The molecule has 2 aromatic rings. The van der Waals surface area contributed by atoms with Gasteiger partial charge in [0.2, 0.25) is 5.69 Å². The van der Waals surface area contributed by atoms with Crippen LogP contribution in [0.15, 0.2) is 42.5 Å². The van der Waals surface area contributed by atoms with E-state index in [9.17, 15) is 5.11 Å². The van der Waals surface area contributed by atoms with Crippen LogP contribution in [0.3, 0.4) is 0 Å². The second-order valence-electron chi connectivity index (χ2n) is 7.20. The number of aromatic hydroxyl groups is 1. The molecule has 0 spiro atoms. The maximum Gasteiger partial charge on any atom is 0.209 e. The van der Waals surface area contributed by atoms with Crippen LogP contribution in [0.5, 0.6) is 5.75 Å². The fourth-order valence-electron chi connectivity index (χ4n) is 3.55. The number of halogens is 3. The Morgan fingerprint density at radius 1 is 1.07 bits per heavy atom. The molecule has 0 unspecified atom stereocenters. The van der Waals surface area contributed by atoms with Gasteiger partial charge in [0.05, 0.1) is 12.6 Å². The number of hydrogen-bond acceptors (Lipinski definition) is 1. The van der Waals surface area contributed by atoms with E-state index in [2.05, 4.69) is 107 Å². The summed E-state index contributed by atoms with van der Waals surface area (Å²) in [5, 5.41) is 10.00. The highest BCUT2D eigenvalue weighted by Gasteiger charge is 2.43. The number of fused-ring (bicyclic) bond motifs is 1. The average molecular weight is 699 g/mol. The molecule has 2 aromatic carbocycles.